The first-order valence-electron chi connectivity index (χ1n) is 7.51. The lowest BCUT2D eigenvalue weighted by atomic mass is 10.2. The van der Waals surface area contributed by atoms with E-state index in [1.165, 1.54) is 5.56 Å². The Labute approximate surface area is 144 Å². The molecule has 3 aromatic rings. The Kier molecular flexibility index (Phi) is 5.35. The summed E-state index contributed by atoms with van der Waals surface area (Å²) in [6.45, 7) is 5.64. The molecule has 0 atom stereocenters. The highest BCUT2D eigenvalue weighted by molar-refractivity contribution is 7.98. The molecule has 120 valence electrons. The van der Waals surface area contributed by atoms with E-state index in [1.54, 1.807) is 23.1 Å². The van der Waals surface area contributed by atoms with Gasteiger partial charge >= 0.3 is 0 Å². The molecule has 6 heteroatoms. The first-order valence-corrected chi connectivity index (χ1v) is 9.38. The van der Waals surface area contributed by atoms with Crippen LogP contribution in [0.3, 0.4) is 0 Å². The maximum absolute atomic E-state index is 5.77. The highest BCUT2D eigenvalue weighted by Crippen LogP contribution is 2.23. The van der Waals surface area contributed by atoms with Gasteiger partial charge in [-0.15, -0.1) is 11.3 Å². The number of thioether (sulfide) groups is 1. The molecule has 0 unspecified atom stereocenters. The monoisotopic (exact) mass is 345 g/mol. The van der Waals surface area contributed by atoms with Crippen molar-refractivity contribution < 1.29 is 4.74 Å². The largest absolute Gasteiger partial charge is 0.486 e. The molecule has 2 aromatic heterocycles. The number of imidazole rings is 1. The van der Waals surface area contributed by atoms with Crippen LogP contribution in [0.1, 0.15) is 23.2 Å². The number of nitrogens with zero attached hydrogens (tertiary/aromatic N) is 3. The fourth-order valence-electron chi connectivity index (χ4n) is 2.08. The minimum absolute atomic E-state index is 0.516. The maximum Gasteiger partial charge on any atom is 0.168 e. The summed E-state index contributed by atoms with van der Waals surface area (Å²) < 4.78 is 7.91. The fourth-order valence-corrected chi connectivity index (χ4v) is 3.80. The van der Waals surface area contributed by atoms with Gasteiger partial charge in [-0.25, -0.2) is 9.97 Å². The van der Waals surface area contributed by atoms with Crippen molar-refractivity contribution in [3.05, 3.63) is 58.3 Å². The van der Waals surface area contributed by atoms with Gasteiger partial charge in [0.15, 0.2) is 5.16 Å². The lowest BCUT2D eigenvalue weighted by molar-refractivity contribution is 0.305. The predicted molar refractivity (Wildman–Crippen MR) is 95.1 cm³/mol. The smallest absolute Gasteiger partial charge is 0.168 e. The summed E-state index contributed by atoms with van der Waals surface area (Å²) in [4.78, 5) is 9.00. The predicted octanol–water partition coefficient (Wildman–Crippen LogP) is 4.54. The zero-order valence-corrected chi connectivity index (χ0v) is 14.9. The SMILES string of the molecule is CCn1ccnc1SCc1csc(COc2ccc(C)cc2)n1. The second kappa shape index (κ2) is 7.66. The highest BCUT2D eigenvalue weighted by atomic mass is 32.2. The molecule has 0 saturated carbocycles. The van der Waals surface area contributed by atoms with Crippen LogP contribution in [0.5, 0.6) is 5.75 Å². The molecule has 2 heterocycles. The van der Waals surface area contributed by atoms with Crippen molar-refractivity contribution in [1.29, 1.82) is 0 Å². The number of aromatic nitrogens is 3. The third-order valence-electron chi connectivity index (χ3n) is 3.35. The second-order valence-electron chi connectivity index (χ2n) is 5.12. The third kappa shape index (κ3) is 4.36. The van der Waals surface area contributed by atoms with Crippen molar-refractivity contribution in [3.8, 4) is 5.75 Å². The molecule has 3 rings (SSSR count). The summed E-state index contributed by atoms with van der Waals surface area (Å²) in [6, 6.07) is 8.08. The first kappa shape index (κ1) is 16.1. The van der Waals surface area contributed by atoms with Crippen LogP contribution in [0.15, 0.2) is 47.2 Å². The van der Waals surface area contributed by atoms with Gasteiger partial charge in [-0.05, 0) is 26.0 Å². The summed E-state index contributed by atoms with van der Waals surface area (Å²) in [7, 11) is 0. The summed E-state index contributed by atoms with van der Waals surface area (Å²) in [6.07, 6.45) is 3.85. The van der Waals surface area contributed by atoms with Crippen LogP contribution in [0.25, 0.3) is 0 Å². The van der Waals surface area contributed by atoms with Crippen molar-refractivity contribution in [3.63, 3.8) is 0 Å². The second-order valence-corrected chi connectivity index (χ2v) is 7.00. The molecule has 0 saturated heterocycles. The fraction of sp³-hybridized carbons (Fsp3) is 0.294. The van der Waals surface area contributed by atoms with Gasteiger partial charge in [-0.2, -0.15) is 0 Å². The van der Waals surface area contributed by atoms with Crippen LogP contribution in [-0.4, -0.2) is 14.5 Å². The number of thiazole rings is 1. The Balaban J connectivity index is 1.52. The highest BCUT2D eigenvalue weighted by Gasteiger charge is 2.07. The lowest BCUT2D eigenvalue weighted by Crippen LogP contribution is -1.96. The zero-order chi connectivity index (χ0) is 16.1. The van der Waals surface area contributed by atoms with Crippen molar-refractivity contribution in [2.24, 2.45) is 0 Å². The summed E-state index contributed by atoms with van der Waals surface area (Å²) >= 11 is 3.36. The molecule has 0 aliphatic carbocycles. The zero-order valence-electron chi connectivity index (χ0n) is 13.2. The molecule has 0 aliphatic rings. The standard InChI is InChI=1S/C17H19N3OS2/c1-3-20-9-8-18-17(20)23-12-14-11-22-16(19-14)10-21-15-6-4-13(2)5-7-15/h4-9,11H,3,10,12H2,1-2H3. The van der Waals surface area contributed by atoms with E-state index in [4.69, 9.17) is 4.74 Å². The normalized spacial score (nSPS) is 10.9. The molecule has 0 aliphatic heterocycles. The van der Waals surface area contributed by atoms with Gasteiger partial charge in [0.2, 0.25) is 0 Å². The van der Waals surface area contributed by atoms with Crippen LogP contribution in [-0.2, 0) is 18.9 Å². The van der Waals surface area contributed by atoms with Crippen molar-refractivity contribution in [2.75, 3.05) is 0 Å². The van der Waals surface area contributed by atoms with Gasteiger partial charge in [-0.3, -0.25) is 0 Å². The van der Waals surface area contributed by atoms with Crippen LogP contribution in [0, 0.1) is 6.92 Å². The summed E-state index contributed by atoms with van der Waals surface area (Å²) in [5, 5.41) is 4.14. The molecule has 23 heavy (non-hydrogen) atoms. The number of hydrogen-bond donors (Lipinski definition) is 0. The van der Waals surface area contributed by atoms with E-state index in [1.807, 2.05) is 24.5 Å². The molecular formula is C17H19N3OS2. The minimum atomic E-state index is 0.516. The topological polar surface area (TPSA) is 39.9 Å². The average molecular weight is 345 g/mol. The Morgan fingerprint density at radius 2 is 2.09 bits per heavy atom. The Hall–Kier alpha value is -1.79. The van der Waals surface area contributed by atoms with Crippen LogP contribution < -0.4 is 4.74 Å². The molecule has 0 N–H and O–H groups in total. The number of ether oxygens (including phenoxy) is 1. The van der Waals surface area contributed by atoms with E-state index in [2.05, 4.69) is 45.9 Å². The molecule has 0 spiro atoms. The summed E-state index contributed by atoms with van der Waals surface area (Å²) in [5.41, 5.74) is 2.31. The molecule has 0 amide bonds. The molecule has 0 radical (unpaired) electrons. The van der Waals surface area contributed by atoms with Crippen molar-refractivity contribution >= 4 is 23.1 Å². The van der Waals surface area contributed by atoms with E-state index in [-0.39, 0.29) is 0 Å². The van der Waals surface area contributed by atoms with E-state index < -0.39 is 0 Å². The maximum atomic E-state index is 5.77. The number of rotatable bonds is 7. The quantitative estimate of drug-likeness (QED) is 0.590. The molecule has 4 nitrogen and oxygen atoms in total. The molecule has 0 bridgehead atoms. The van der Waals surface area contributed by atoms with E-state index in [0.717, 1.165) is 33.9 Å². The van der Waals surface area contributed by atoms with Gasteiger partial charge in [0.25, 0.3) is 0 Å². The van der Waals surface area contributed by atoms with E-state index in [0.29, 0.717) is 6.61 Å². The lowest BCUT2D eigenvalue weighted by Gasteiger charge is -2.04. The Morgan fingerprint density at radius 1 is 1.26 bits per heavy atom. The number of hydrogen-bond acceptors (Lipinski definition) is 5. The number of aryl methyl sites for hydroxylation is 2. The number of benzene rings is 1. The van der Waals surface area contributed by atoms with Crippen LogP contribution in [0.4, 0.5) is 0 Å². The van der Waals surface area contributed by atoms with Gasteiger partial charge in [0.1, 0.15) is 17.4 Å². The first-order chi connectivity index (χ1) is 11.2. The van der Waals surface area contributed by atoms with Gasteiger partial charge in [0.05, 0.1) is 5.69 Å². The van der Waals surface area contributed by atoms with Gasteiger partial charge in [-0.1, -0.05) is 29.5 Å². The van der Waals surface area contributed by atoms with Gasteiger partial charge < -0.3 is 9.30 Å². The average Bonchev–Trinajstić information content (AvgIpc) is 3.21. The molecular weight excluding hydrogens is 326 g/mol. The van der Waals surface area contributed by atoms with Gasteiger partial charge in [0, 0.05) is 30.1 Å². The molecule has 1 aromatic carbocycles. The Morgan fingerprint density at radius 3 is 2.87 bits per heavy atom. The summed E-state index contributed by atoms with van der Waals surface area (Å²) in [5.74, 6) is 1.71. The van der Waals surface area contributed by atoms with Crippen LogP contribution in [0.2, 0.25) is 0 Å². The van der Waals surface area contributed by atoms with Crippen molar-refractivity contribution in [2.45, 2.75) is 37.9 Å². The minimum Gasteiger partial charge on any atom is -0.486 e. The van der Waals surface area contributed by atoms with Crippen LogP contribution >= 0.6 is 23.1 Å². The Bertz CT molecular complexity index is 749. The van der Waals surface area contributed by atoms with E-state index >= 15 is 0 Å². The third-order valence-corrected chi connectivity index (χ3v) is 5.26. The van der Waals surface area contributed by atoms with E-state index in [9.17, 15) is 0 Å². The molecule has 0 fully saturated rings. The van der Waals surface area contributed by atoms with Crippen molar-refractivity contribution in [1.82, 2.24) is 14.5 Å².